The number of hydrogen-bond acceptors (Lipinski definition) is 7. The van der Waals surface area contributed by atoms with Gasteiger partial charge >= 0.3 is 6.03 Å². The van der Waals surface area contributed by atoms with Gasteiger partial charge in [0, 0.05) is 12.6 Å². The molecule has 2 unspecified atom stereocenters. The maximum absolute atomic E-state index is 14.5. The lowest BCUT2D eigenvalue weighted by atomic mass is 9.83. The molecule has 4 aliphatic carbocycles. The van der Waals surface area contributed by atoms with E-state index in [1.807, 2.05) is 27.7 Å². The molecule has 13 heteroatoms. The van der Waals surface area contributed by atoms with E-state index in [1.54, 1.807) is 25.7 Å². The summed E-state index contributed by atoms with van der Waals surface area (Å²) in [6.45, 7) is 17.0. The Morgan fingerprint density at radius 3 is 2.08 bits per heavy atom. The minimum absolute atomic E-state index is 0.00783. The zero-order valence-corrected chi connectivity index (χ0v) is 32.5. The van der Waals surface area contributed by atoms with Gasteiger partial charge in [-0.15, -0.1) is 0 Å². The van der Waals surface area contributed by atoms with Crippen LogP contribution >= 0.6 is 0 Å². The zero-order chi connectivity index (χ0) is 37.2. The van der Waals surface area contributed by atoms with E-state index in [0.29, 0.717) is 32.2 Å². The molecule has 50 heavy (non-hydrogen) atoms. The number of Topliss-reactive ketones (excluding diaryl/α,β-unsaturated/α-hetero) is 1. The summed E-state index contributed by atoms with van der Waals surface area (Å²) >= 11 is 0. The number of hydrogen-bond donors (Lipinski definition) is 4. The lowest BCUT2D eigenvalue weighted by Gasteiger charge is -2.41. The third-order valence-electron chi connectivity index (χ3n) is 12.3. The largest absolute Gasteiger partial charge is 0.347 e. The number of ketones is 1. The van der Waals surface area contributed by atoms with Crippen LogP contribution in [-0.4, -0.2) is 89.1 Å². The third kappa shape index (κ3) is 7.44. The van der Waals surface area contributed by atoms with Crippen LogP contribution in [0.15, 0.2) is 0 Å². The molecule has 282 valence electrons. The molecule has 5 rings (SSSR count). The Labute approximate surface area is 298 Å². The number of rotatable bonds is 12. The molecule has 1 heterocycles. The standard InChI is InChI=1S/C37H61N5O7S/c1-10-14-22-19-37(22,28(43)30(45)38-23-15-16-23)40-29(44)26-25-24(35(25,8)9)20-42(26)31(46)27(33(2,3)4)39-32(47)41-36(17-12-11-13-18-36)21-50(48,49)34(5,6)7/h22-27H,10-21H2,1-9H3,(H,38,45)(H,40,44)(H2,39,41,47)/t22?,24-,25-,26-,27+,37?/m0/s1. The van der Waals surface area contributed by atoms with Crippen LogP contribution in [-0.2, 0) is 29.0 Å². The van der Waals surface area contributed by atoms with E-state index in [0.717, 1.165) is 38.5 Å². The quantitative estimate of drug-likeness (QED) is 0.223. The van der Waals surface area contributed by atoms with Crippen LogP contribution in [0.25, 0.3) is 0 Å². The van der Waals surface area contributed by atoms with E-state index < -0.39 is 72.7 Å². The number of carbonyl (C=O) groups is 5. The van der Waals surface area contributed by atoms with E-state index in [4.69, 9.17) is 0 Å². The molecule has 0 aromatic carbocycles. The molecule has 1 saturated heterocycles. The fourth-order valence-electron chi connectivity index (χ4n) is 8.64. The number of sulfone groups is 1. The lowest BCUT2D eigenvalue weighted by Crippen LogP contribution is -2.64. The Hall–Kier alpha value is -2.70. The highest BCUT2D eigenvalue weighted by Crippen LogP contribution is 2.65. The van der Waals surface area contributed by atoms with E-state index in [-0.39, 0.29) is 35.0 Å². The molecule has 5 amide bonds. The van der Waals surface area contributed by atoms with Crippen LogP contribution in [0.1, 0.15) is 127 Å². The van der Waals surface area contributed by atoms with Gasteiger partial charge in [0.05, 0.1) is 16.0 Å². The Kier molecular flexibility index (Phi) is 10.1. The van der Waals surface area contributed by atoms with Gasteiger partial charge in [0.2, 0.25) is 17.6 Å². The number of fused-ring (bicyclic) bond motifs is 1. The number of likely N-dealkylation sites (tertiary alicyclic amines) is 1. The molecule has 1 aliphatic heterocycles. The average molecular weight is 720 g/mol. The van der Waals surface area contributed by atoms with Gasteiger partial charge in [-0.05, 0) is 87.9 Å². The van der Waals surface area contributed by atoms with Crippen molar-refractivity contribution in [2.75, 3.05) is 12.3 Å². The number of nitrogens with zero attached hydrogens (tertiary/aromatic N) is 1. The van der Waals surface area contributed by atoms with Gasteiger partial charge in [0.15, 0.2) is 9.84 Å². The summed E-state index contributed by atoms with van der Waals surface area (Å²) in [5.74, 6) is -2.51. The molecule has 4 saturated carbocycles. The number of piperidine rings is 1. The first-order chi connectivity index (χ1) is 23.0. The smallest absolute Gasteiger partial charge is 0.315 e. The summed E-state index contributed by atoms with van der Waals surface area (Å²) in [4.78, 5) is 70.7. The first kappa shape index (κ1) is 38.5. The van der Waals surface area contributed by atoms with Crippen LogP contribution < -0.4 is 21.3 Å². The minimum atomic E-state index is -3.56. The zero-order valence-electron chi connectivity index (χ0n) is 31.7. The number of amides is 5. The molecule has 5 fully saturated rings. The predicted octanol–water partition coefficient (Wildman–Crippen LogP) is 3.62. The van der Waals surface area contributed by atoms with Crippen molar-refractivity contribution in [3.8, 4) is 0 Å². The number of urea groups is 1. The van der Waals surface area contributed by atoms with Crippen LogP contribution in [0.3, 0.4) is 0 Å². The second-order valence-electron chi connectivity index (χ2n) is 18.7. The van der Waals surface area contributed by atoms with Crippen LogP contribution in [0.2, 0.25) is 0 Å². The molecular formula is C37H61N5O7S. The van der Waals surface area contributed by atoms with Crippen LogP contribution in [0, 0.1) is 28.6 Å². The van der Waals surface area contributed by atoms with Crippen LogP contribution in [0.4, 0.5) is 4.79 Å². The monoisotopic (exact) mass is 719 g/mol. The summed E-state index contributed by atoms with van der Waals surface area (Å²) < 4.78 is 25.7. The fourth-order valence-corrected chi connectivity index (χ4v) is 10.2. The number of carbonyl (C=O) groups excluding carboxylic acids is 5. The molecule has 4 N–H and O–H groups in total. The fraction of sp³-hybridized carbons (Fsp3) is 0.865. The molecule has 0 bridgehead atoms. The van der Waals surface area contributed by atoms with Crippen molar-refractivity contribution in [1.82, 2.24) is 26.2 Å². The van der Waals surface area contributed by atoms with Gasteiger partial charge < -0.3 is 26.2 Å². The van der Waals surface area contributed by atoms with Gasteiger partial charge in [-0.25, -0.2) is 13.2 Å². The van der Waals surface area contributed by atoms with Crippen molar-refractivity contribution >= 4 is 39.4 Å². The second-order valence-corrected chi connectivity index (χ2v) is 21.5. The van der Waals surface area contributed by atoms with E-state index in [1.165, 1.54) is 0 Å². The maximum Gasteiger partial charge on any atom is 0.315 e. The normalized spacial score (nSPS) is 30.4. The summed E-state index contributed by atoms with van der Waals surface area (Å²) in [6.07, 6.45) is 7.14. The summed E-state index contributed by atoms with van der Waals surface area (Å²) in [7, 11) is -3.56. The molecule has 5 aliphatic rings. The van der Waals surface area contributed by atoms with Gasteiger partial charge in [-0.3, -0.25) is 19.2 Å². The Morgan fingerprint density at radius 1 is 0.920 bits per heavy atom. The number of nitrogens with one attached hydrogen (secondary N) is 4. The Balaban J connectivity index is 1.36. The molecule has 0 radical (unpaired) electrons. The van der Waals surface area contributed by atoms with Gasteiger partial charge in [-0.1, -0.05) is 67.2 Å². The van der Waals surface area contributed by atoms with E-state index in [2.05, 4.69) is 35.1 Å². The minimum Gasteiger partial charge on any atom is -0.347 e. The van der Waals surface area contributed by atoms with E-state index in [9.17, 15) is 32.4 Å². The highest BCUT2D eigenvalue weighted by atomic mass is 32.2. The van der Waals surface area contributed by atoms with Crippen molar-refractivity contribution in [1.29, 1.82) is 0 Å². The average Bonchev–Trinajstić information content (AvgIpc) is 3.94. The Bertz CT molecular complexity index is 1500. The Morgan fingerprint density at radius 2 is 1.54 bits per heavy atom. The molecule has 0 aromatic heterocycles. The molecule has 12 nitrogen and oxygen atoms in total. The van der Waals surface area contributed by atoms with Crippen molar-refractivity contribution in [3.05, 3.63) is 0 Å². The SMILES string of the molecule is CCCC1CC1(NC(=O)[C@@H]1[C@@H]2[C@H](CN1C(=O)[C@@H](NC(=O)NC1(CS(=O)(=O)C(C)(C)C)CCCCC1)C(C)(C)C)C2(C)C)C(=O)C(=O)NC1CC1. The topological polar surface area (TPSA) is 171 Å². The lowest BCUT2D eigenvalue weighted by molar-refractivity contribution is -0.146. The molecule has 6 atom stereocenters. The highest BCUT2D eigenvalue weighted by Gasteiger charge is 2.71. The van der Waals surface area contributed by atoms with Gasteiger partial charge in [0.1, 0.15) is 17.6 Å². The van der Waals surface area contributed by atoms with Crippen molar-refractivity contribution in [2.45, 2.75) is 160 Å². The van der Waals surface area contributed by atoms with Crippen molar-refractivity contribution in [3.63, 3.8) is 0 Å². The van der Waals surface area contributed by atoms with E-state index >= 15 is 0 Å². The van der Waals surface area contributed by atoms with Crippen molar-refractivity contribution in [2.24, 2.45) is 28.6 Å². The predicted molar refractivity (Wildman–Crippen MR) is 191 cm³/mol. The molecule has 0 aromatic rings. The molecule has 0 spiro atoms. The third-order valence-corrected chi connectivity index (χ3v) is 15.1. The first-order valence-electron chi connectivity index (χ1n) is 18.8. The maximum atomic E-state index is 14.5. The second kappa shape index (κ2) is 13.1. The van der Waals surface area contributed by atoms with Crippen LogP contribution in [0.5, 0.6) is 0 Å². The summed E-state index contributed by atoms with van der Waals surface area (Å²) in [6, 6.07) is -2.49. The molecular weight excluding hydrogens is 659 g/mol. The highest BCUT2D eigenvalue weighted by molar-refractivity contribution is 7.92. The van der Waals surface area contributed by atoms with Gasteiger partial charge in [-0.2, -0.15) is 0 Å². The van der Waals surface area contributed by atoms with Gasteiger partial charge in [0.25, 0.3) is 5.91 Å². The summed E-state index contributed by atoms with van der Waals surface area (Å²) in [5, 5.41) is 11.7. The van der Waals surface area contributed by atoms with Crippen molar-refractivity contribution < 1.29 is 32.4 Å². The first-order valence-corrected chi connectivity index (χ1v) is 20.4. The summed E-state index contributed by atoms with van der Waals surface area (Å²) in [5.41, 5.74) is -3.18.